The molecule has 3 aromatic rings. The Bertz CT molecular complexity index is 854. The third-order valence-corrected chi connectivity index (χ3v) is 3.04. The fourth-order valence-electron chi connectivity index (χ4n) is 2.04. The number of carboxylic acids is 1. The number of hydrogen-bond acceptors (Lipinski definition) is 4. The minimum absolute atomic E-state index is 0.432. The normalized spacial score (nSPS) is 10.9. The Morgan fingerprint density at radius 2 is 1.82 bits per heavy atom. The number of carboxylic acid groups (broad SMARTS) is 1. The summed E-state index contributed by atoms with van der Waals surface area (Å²) < 4.78 is 5.86. The molecule has 0 spiro atoms. The van der Waals surface area contributed by atoms with E-state index in [1.807, 2.05) is 36.4 Å². The van der Waals surface area contributed by atoms with Gasteiger partial charge in [0.05, 0.1) is 10.9 Å². The van der Waals surface area contributed by atoms with E-state index >= 15 is 0 Å². The van der Waals surface area contributed by atoms with Crippen LogP contribution in [0.4, 0.5) is 0 Å². The molecule has 0 aliphatic carbocycles. The van der Waals surface area contributed by atoms with Gasteiger partial charge in [-0.1, -0.05) is 30.3 Å². The van der Waals surface area contributed by atoms with E-state index in [2.05, 4.69) is 9.97 Å². The molecule has 2 aromatic carbocycles. The maximum atomic E-state index is 10.7. The second-order valence-electron chi connectivity index (χ2n) is 4.51. The number of aromatic nitrogens is 2. The van der Waals surface area contributed by atoms with Crippen LogP contribution in [0.15, 0.2) is 60.9 Å². The number of carbonyl (C=O) groups is 1. The molecule has 5 heteroatoms. The van der Waals surface area contributed by atoms with Crippen molar-refractivity contribution in [1.29, 1.82) is 0 Å². The van der Waals surface area contributed by atoms with Crippen molar-refractivity contribution in [1.82, 2.24) is 9.97 Å². The second kappa shape index (κ2) is 6.05. The maximum absolute atomic E-state index is 10.7. The number of fused-ring (bicyclic) bond motifs is 1. The van der Waals surface area contributed by atoms with Crippen molar-refractivity contribution in [3.63, 3.8) is 0 Å². The van der Waals surface area contributed by atoms with Gasteiger partial charge < -0.3 is 9.84 Å². The van der Waals surface area contributed by atoms with E-state index in [4.69, 9.17) is 9.84 Å². The predicted octanol–water partition coefficient (Wildman–Crippen LogP) is 3.52. The van der Waals surface area contributed by atoms with Gasteiger partial charge in [-0.2, -0.15) is 0 Å². The highest BCUT2D eigenvalue weighted by atomic mass is 16.5. The molecule has 1 aromatic heterocycles. The summed E-state index contributed by atoms with van der Waals surface area (Å²) in [4.78, 5) is 19.0. The summed E-state index contributed by atoms with van der Waals surface area (Å²) in [5.74, 6) is -0.0482. The number of aliphatic carboxylic acids is 1. The average molecular weight is 292 g/mol. The lowest BCUT2D eigenvalue weighted by Gasteiger charge is -2.09. The highest BCUT2D eigenvalue weighted by Gasteiger charge is 2.07. The topological polar surface area (TPSA) is 72.3 Å². The van der Waals surface area contributed by atoms with Crippen LogP contribution in [0.5, 0.6) is 11.6 Å². The van der Waals surface area contributed by atoms with Crippen LogP contribution in [-0.2, 0) is 4.79 Å². The van der Waals surface area contributed by atoms with Gasteiger partial charge in [0.25, 0.3) is 0 Å². The van der Waals surface area contributed by atoms with Gasteiger partial charge >= 0.3 is 5.97 Å². The molecule has 0 radical (unpaired) electrons. The van der Waals surface area contributed by atoms with Crippen molar-refractivity contribution >= 4 is 22.9 Å². The van der Waals surface area contributed by atoms with Crippen molar-refractivity contribution < 1.29 is 14.6 Å². The molecule has 3 rings (SSSR count). The molecule has 0 aliphatic heterocycles. The molecule has 0 saturated heterocycles. The number of para-hydroxylation sites is 2. The number of ether oxygens (including phenoxy) is 1. The number of hydrogen-bond donors (Lipinski definition) is 1. The van der Waals surface area contributed by atoms with E-state index in [0.29, 0.717) is 17.2 Å². The number of benzene rings is 2. The van der Waals surface area contributed by atoms with Crippen LogP contribution >= 0.6 is 0 Å². The SMILES string of the molecule is O=C(O)/C=C\c1ccccc1Oc1ncnc2ccccc12. The van der Waals surface area contributed by atoms with Gasteiger partial charge in [-0.15, -0.1) is 0 Å². The first kappa shape index (κ1) is 13.8. The zero-order valence-electron chi connectivity index (χ0n) is 11.5. The van der Waals surface area contributed by atoms with Crippen molar-refractivity contribution in [2.75, 3.05) is 0 Å². The summed E-state index contributed by atoms with van der Waals surface area (Å²) >= 11 is 0. The van der Waals surface area contributed by atoms with Gasteiger partial charge in [0.2, 0.25) is 5.88 Å². The van der Waals surface area contributed by atoms with Gasteiger partial charge in [-0.25, -0.2) is 14.8 Å². The third kappa shape index (κ3) is 2.93. The molecular weight excluding hydrogens is 280 g/mol. The lowest BCUT2D eigenvalue weighted by atomic mass is 10.2. The maximum Gasteiger partial charge on any atom is 0.328 e. The average Bonchev–Trinajstić information content (AvgIpc) is 2.54. The van der Waals surface area contributed by atoms with E-state index in [1.165, 1.54) is 12.4 Å². The van der Waals surface area contributed by atoms with E-state index in [-0.39, 0.29) is 0 Å². The Hall–Kier alpha value is -3.21. The Kier molecular flexibility index (Phi) is 3.78. The Morgan fingerprint density at radius 3 is 2.68 bits per heavy atom. The van der Waals surface area contributed by atoms with E-state index < -0.39 is 5.97 Å². The number of rotatable bonds is 4. The highest BCUT2D eigenvalue weighted by Crippen LogP contribution is 2.29. The summed E-state index contributed by atoms with van der Waals surface area (Å²) in [7, 11) is 0. The number of nitrogens with zero attached hydrogens (tertiary/aromatic N) is 2. The summed E-state index contributed by atoms with van der Waals surface area (Å²) in [6.45, 7) is 0. The van der Waals surface area contributed by atoms with Crippen LogP contribution in [0.25, 0.3) is 17.0 Å². The zero-order valence-corrected chi connectivity index (χ0v) is 11.5. The molecule has 5 nitrogen and oxygen atoms in total. The van der Waals surface area contributed by atoms with E-state index in [1.54, 1.807) is 12.1 Å². The standard InChI is InChI=1S/C17H12N2O3/c20-16(21)10-9-12-5-1-4-8-15(12)22-17-13-6-2-3-7-14(13)18-11-19-17/h1-11H,(H,20,21)/b10-9-. The van der Waals surface area contributed by atoms with Gasteiger partial charge in [0.15, 0.2) is 0 Å². The molecule has 108 valence electrons. The van der Waals surface area contributed by atoms with Gasteiger partial charge in [0, 0.05) is 11.6 Å². The molecule has 0 unspecified atom stereocenters. The van der Waals surface area contributed by atoms with E-state index in [0.717, 1.165) is 17.0 Å². The molecule has 1 N–H and O–H groups in total. The van der Waals surface area contributed by atoms with Crippen LogP contribution in [0.3, 0.4) is 0 Å². The molecule has 1 heterocycles. The third-order valence-electron chi connectivity index (χ3n) is 3.04. The Balaban J connectivity index is 2.01. The largest absolute Gasteiger partial charge is 0.478 e. The van der Waals surface area contributed by atoms with Crippen molar-refractivity contribution in [2.45, 2.75) is 0 Å². The van der Waals surface area contributed by atoms with Crippen LogP contribution in [-0.4, -0.2) is 21.0 Å². The van der Waals surface area contributed by atoms with Crippen molar-refractivity contribution in [3.8, 4) is 11.6 Å². The molecule has 0 bridgehead atoms. The van der Waals surface area contributed by atoms with Gasteiger partial charge in [-0.3, -0.25) is 0 Å². The Labute approximate surface area is 126 Å². The monoisotopic (exact) mass is 292 g/mol. The molecular formula is C17H12N2O3. The van der Waals surface area contributed by atoms with Gasteiger partial charge in [0.1, 0.15) is 12.1 Å². The fraction of sp³-hybridized carbons (Fsp3) is 0. The summed E-state index contributed by atoms with van der Waals surface area (Å²) in [5, 5.41) is 9.54. The lowest BCUT2D eigenvalue weighted by Crippen LogP contribution is -1.93. The van der Waals surface area contributed by atoms with E-state index in [9.17, 15) is 4.79 Å². The van der Waals surface area contributed by atoms with Crippen LogP contribution in [0, 0.1) is 0 Å². The molecule has 22 heavy (non-hydrogen) atoms. The Morgan fingerprint density at radius 1 is 1.05 bits per heavy atom. The highest BCUT2D eigenvalue weighted by molar-refractivity contribution is 5.86. The molecule has 0 amide bonds. The second-order valence-corrected chi connectivity index (χ2v) is 4.51. The minimum atomic E-state index is -1.01. The molecule has 0 aliphatic rings. The summed E-state index contributed by atoms with van der Waals surface area (Å²) in [6.07, 6.45) is 3.99. The molecule has 0 saturated carbocycles. The first-order valence-electron chi connectivity index (χ1n) is 6.61. The van der Waals surface area contributed by atoms with Crippen LogP contribution in [0.2, 0.25) is 0 Å². The minimum Gasteiger partial charge on any atom is -0.478 e. The molecule has 0 fully saturated rings. The smallest absolute Gasteiger partial charge is 0.328 e. The summed E-state index contributed by atoms with van der Waals surface area (Å²) in [6, 6.07) is 14.7. The van der Waals surface area contributed by atoms with Crippen molar-refractivity contribution in [2.24, 2.45) is 0 Å². The zero-order chi connectivity index (χ0) is 15.4. The fourth-order valence-corrected chi connectivity index (χ4v) is 2.04. The lowest BCUT2D eigenvalue weighted by molar-refractivity contribution is -0.131. The quantitative estimate of drug-likeness (QED) is 0.745. The first-order valence-corrected chi connectivity index (χ1v) is 6.61. The van der Waals surface area contributed by atoms with Crippen LogP contribution in [0.1, 0.15) is 5.56 Å². The van der Waals surface area contributed by atoms with Gasteiger partial charge in [-0.05, 0) is 24.3 Å². The van der Waals surface area contributed by atoms with Crippen LogP contribution < -0.4 is 4.74 Å². The predicted molar refractivity (Wildman–Crippen MR) is 82.7 cm³/mol. The molecule has 0 atom stereocenters. The summed E-state index contributed by atoms with van der Waals surface area (Å²) in [5.41, 5.74) is 1.44. The first-order chi connectivity index (χ1) is 10.7. The van der Waals surface area contributed by atoms with Crippen molar-refractivity contribution in [3.05, 3.63) is 66.5 Å².